The topological polar surface area (TPSA) is 17.4 Å². The lowest BCUT2D eigenvalue weighted by molar-refractivity contribution is 0.358. The van der Waals surface area contributed by atoms with Gasteiger partial charge in [-0.05, 0) is 88.3 Å². The number of ether oxygens (including phenoxy) is 1. The fraction of sp³-hybridized carbons (Fsp3) is 0.107. The van der Waals surface area contributed by atoms with Crippen molar-refractivity contribution in [3.63, 3.8) is 0 Å². The molecule has 59 heavy (non-hydrogen) atoms. The molecule has 0 saturated heterocycles. The van der Waals surface area contributed by atoms with Gasteiger partial charge in [-0.25, -0.2) is 0 Å². The lowest BCUT2D eigenvalue weighted by Gasteiger charge is -2.36. The number of hydrogen-bond donors (Lipinski definition) is 0. The Hall–Kier alpha value is -7.10. The van der Waals surface area contributed by atoms with Crippen molar-refractivity contribution < 1.29 is 4.74 Å². The first kappa shape index (κ1) is 35.1. The quantitative estimate of drug-likeness (QED) is 0.174. The predicted octanol–water partition coefficient (Wildman–Crippen LogP) is 14.9. The van der Waals surface area contributed by atoms with Crippen LogP contribution in [0.15, 0.2) is 206 Å². The highest BCUT2D eigenvalue weighted by molar-refractivity contribution is 6.10. The van der Waals surface area contributed by atoms with E-state index in [0.717, 1.165) is 40.4 Å². The number of nitrogens with zero attached hydrogens (tertiary/aromatic N) is 2. The van der Waals surface area contributed by atoms with Gasteiger partial charge >= 0.3 is 0 Å². The van der Waals surface area contributed by atoms with Gasteiger partial charge in [-0.1, -0.05) is 159 Å². The zero-order valence-corrected chi connectivity index (χ0v) is 33.1. The molecule has 2 aliphatic carbocycles. The van der Waals surface area contributed by atoms with Crippen molar-refractivity contribution in [2.24, 2.45) is 0 Å². The smallest absolute Gasteiger partial charge is 0.125 e. The minimum Gasteiger partial charge on any atom is -0.489 e. The first-order valence-corrected chi connectivity index (χ1v) is 20.9. The number of hydrogen-bond acceptors (Lipinski definition) is 2. The highest BCUT2D eigenvalue weighted by Gasteiger charge is 2.34. The normalized spacial score (nSPS) is 18.7. The minimum absolute atomic E-state index is 0.0894. The number of fused-ring (bicyclic) bond motifs is 12. The van der Waals surface area contributed by atoms with E-state index < -0.39 is 0 Å². The molecule has 0 N–H and O–H groups in total. The number of allylic oxidation sites excluding steroid dienone is 7. The molecule has 3 atom stereocenters. The number of rotatable bonds is 5. The third-order valence-corrected chi connectivity index (χ3v) is 12.6. The Bertz CT molecular complexity index is 3020. The van der Waals surface area contributed by atoms with Crippen LogP contribution >= 0.6 is 0 Å². The molecule has 3 unspecified atom stereocenters. The van der Waals surface area contributed by atoms with Crippen LogP contribution in [-0.2, 0) is 0 Å². The number of benzene rings is 7. The van der Waals surface area contributed by atoms with Crippen LogP contribution < -0.4 is 9.64 Å². The van der Waals surface area contributed by atoms with Crippen LogP contribution in [0.1, 0.15) is 47.8 Å². The van der Waals surface area contributed by atoms with Crippen molar-refractivity contribution in [2.45, 2.75) is 31.1 Å². The first-order chi connectivity index (χ1) is 29.3. The van der Waals surface area contributed by atoms with Crippen LogP contribution in [0.3, 0.4) is 0 Å². The van der Waals surface area contributed by atoms with E-state index in [-0.39, 0.29) is 17.8 Å². The molecule has 0 fully saturated rings. The van der Waals surface area contributed by atoms with Crippen molar-refractivity contribution in [2.75, 3.05) is 11.5 Å². The minimum atomic E-state index is 0.0894. The largest absolute Gasteiger partial charge is 0.489 e. The van der Waals surface area contributed by atoms with Crippen LogP contribution in [0.25, 0.3) is 49.7 Å². The fourth-order valence-electron chi connectivity index (χ4n) is 9.90. The summed E-state index contributed by atoms with van der Waals surface area (Å²) in [7, 11) is 0. The highest BCUT2D eigenvalue weighted by atomic mass is 16.5. The summed E-state index contributed by atoms with van der Waals surface area (Å²) in [6.07, 6.45) is 18.9. The number of aromatic nitrogens is 1. The average molecular weight is 761 g/mol. The molecular weight excluding hydrogens is 717 g/mol. The van der Waals surface area contributed by atoms with E-state index in [1.165, 1.54) is 55.2 Å². The molecule has 284 valence electrons. The van der Waals surface area contributed by atoms with Crippen molar-refractivity contribution in [1.82, 2.24) is 4.57 Å². The van der Waals surface area contributed by atoms with Gasteiger partial charge in [0, 0.05) is 57.2 Å². The maximum absolute atomic E-state index is 6.63. The Balaban J connectivity index is 1.21. The Morgan fingerprint density at radius 3 is 2.08 bits per heavy atom. The Morgan fingerprint density at radius 1 is 0.542 bits per heavy atom. The molecule has 0 radical (unpaired) electrons. The van der Waals surface area contributed by atoms with Gasteiger partial charge in [0.05, 0.1) is 16.7 Å². The first-order valence-electron chi connectivity index (χ1n) is 20.9. The third kappa shape index (κ3) is 5.88. The van der Waals surface area contributed by atoms with Gasteiger partial charge in [0.25, 0.3) is 0 Å². The van der Waals surface area contributed by atoms with Gasteiger partial charge in [0.2, 0.25) is 0 Å². The maximum atomic E-state index is 6.63. The van der Waals surface area contributed by atoms with Crippen molar-refractivity contribution in [1.29, 1.82) is 0 Å². The molecule has 11 rings (SSSR count). The van der Waals surface area contributed by atoms with Gasteiger partial charge in [0.15, 0.2) is 0 Å². The summed E-state index contributed by atoms with van der Waals surface area (Å²) in [6.45, 7) is 2.76. The maximum Gasteiger partial charge on any atom is 0.125 e. The molecule has 0 bridgehead atoms. The van der Waals surface area contributed by atoms with E-state index in [1.54, 1.807) is 0 Å². The van der Waals surface area contributed by atoms with Gasteiger partial charge in [-0.2, -0.15) is 0 Å². The van der Waals surface area contributed by atoms with Crippen LogP contribution in [0.2, 0.25) is 0 Å². The average Bonchev–Trinajstić information content (AvgIpc) is 3.67. The third-order valence-electron chi connectivity index (χ3n) is 12.6. The molecule has 8 aromatic rings. The fourth-order valence-corrected chi connectivity index (χ4v) is 9.90. The molecule has 2 heterocycles. The second-order valence-electron chi connectivity index (χ2n) is 15.8. The summed E-state index contributed by atoms with van der Waals surface area (Å²) in [5.74, 6) is 1.42. The summed E-state index contributed by atoms with van der Waals surface area (Å²) in [4.78, 5) is 2.49. The summed E-state index contributed by atoms with van der Waals surface area (Å²) in [5, 5.41) is 2.47. The van der Waals surface area contributed by atoms with E-state index in [0.29, 0.717) is 6.61 Å². The van der Waals surface area contributed by atoms with E-state index >= 15 is 0 Å². The van der Waals surface area contributed by atoms with E-state index in [2.05, 4.69) is 223 Å². The van der Waals surface area contributed by atoms with Gasteiger partial charge in [-0.15, -0.1) is 0 Å². The van der Waals surface area contributed by atoms with Crippen molar-refractivity contribution >= 4 is 38.9 Å². The Morgan fingerprint density at radius 2 is 1.22 bits per heavy atom. The zero-order chi connectivity index (χ0) is 39.3. The molecule has 1 aliphatic heterocycles. The summed E-state index contributed by atoms with van der Waals surface area (Å²) in [5.41, 5.74) is 15.7. The molecule has 3 heteroatoms. The van der Waals surface area contributed by atoms with Crippen molar-refractivity contribution in [3.05, 3.63) is 223 Å². The standard InChI is InChI=1S/C56H44N2O/c1-2-38-18-5-4-16-35-59-55-37-41(31-33-42(38)55)57(40-32-34-49-48-26-14-15-29-52(48)58(54(49)36-40)39-19-6-3-7-20-39)53-30-17-28-51-47-24-11-10-23-45(47)43-21-8-9-22-44(43)46-25-12-13-27-50(46)56(51)53/h3-34,36-38,46,50H,2,35H2,1H3/b16-4-,18-5-. The van der Waals surface area contributed by atoms with Crippen LogP contribution in [0.4, 0.5) is 17.1 Å². The van der Waals surface area contributed by atoms with E-state index in [1.807, 2.05) is 0 Å². The second kappa shape index (κ2) is 14.7. The zero-order valence-electron chi connectivity index (χ0n) is 33.1. The molecule has 3 aliphatic rings. The van der Waals surface area contributed by atoms with Crippen LogP contribution in [0.5, 0.6) is 5.75 Å². The van der Waals surface area contributed by atoms with Gasteiger partial charge < -0.3 is 14.2 Å². The Labute approximate surface area is 346 Å². The van der Waals surface area contributed by atoms with Gasteiger partial charge in [0.1, 0.15) is 12.4 Å². The summed E-state index contributed by atoms with van der Waals surface area (Å²) < 4.78 is 9.05. The predicted molar refractivity (Wildman–Crippen MR) is 247 cm³/mol. The number of para-hydroxylation sites is 2. The van der Waals surface area contributed by atoms with Gasteiger partial charge in [-0.3, -0.25) is 0 Å². The van der Waals surface area contributed by atoms with Crippen LogP contribution in [-0.4, -0.2) is 11.2 Å². The molecule has 7 aromatic carbocycles. The Kier molecular flexibility index (Phi) is 8.73. The summed E-state index contributed by atoms with van der Waals surface area (Å²) in [6, 6.07) is 58.3. The molecule has 0 saturated carbocycles. The monoisotopic (exact) mass is 760 g/mol. The van der Waals surface area contributed by atoms with Crippen LogP contribution in [0, 0.1) is 0 Å². The highest BCUT2D eigenvalue weighted by Crippen LogP contribution is 2.54. The summed E-state index contributed by atoms with van der Waals surface area (Å²) >= 11 is 0. The molecule has 0 amide bonds. The lowest BCUT2D eigenvalue weighted by atomic mass is 9.71. The molecule has 3 nitrogen and oxygen atoms in total. The SMILES string of the molecule is CCC1/C=C\C=C/COc2cc(N(c3ccc4c5ccccc5n(-c5ccccc5)c4c3)c3cccc4c3C3C=CC=CC3c3ccccc3-c3ccccc3-4)ccc21. The van der Waals surface area contributed by atoms with Crippen molar-refractivity contribution in [3.8, 4) is 33.7 Å². The molecular formula is C56H44N2O. The van der Waals surface area contributed by atoms with E-state index in [4.69, 9.17) is 4.74 Å². The number of anilines is 3. The second-order valence-corrected chi connectivity index (χ2v) is 15.8. The molecule has 0 spiro atoms. The lowest BCUT2D eigenvalue weighted by Crippen LogP contribution is -2.19. The molecule has 1 aromatic heterocycles. The van der Waals surface area contributed by atoms with E-state index in [9.17, 15) is 0 Å².